The van der Waals surface area contributed by atoms with Gasteiger partial charge >= 0.3 is 5.97 Å². The number of hydrogen-bond donors (Lipinski definition) is 0. The smallest absolute Gasteiger partial charge is 0.311 e. The quantitative estimate of drug-likeness (QED) is 0.534. The van der Waals surface area contributed by atoms with Crippen LogP contribution >= 0.6 is 11.6 Å². The van der Waals surface area contributed by atoms with E-state index in [0.717, 1.165) is 0 Å². The molecule has 6 nitrogen and oxygen atoms in total. The van der Waals surface area contributed by atoms with Crippen molar-refractivity contribution in [2.24, 2.45) is 10.2 Å². The zero-order chi connectivity index (χ0) is 16.2. The van der Waals surface area contributed by atoms with E-state index in [1.165, 1.54) is 7.11 Å². The number of aromatic nitrogens is 2. The molecule has 0 amide bonds. The molecule has 0 fully saturated rings. The third-order valence-corrected chi connectivity index (χ3v) is 3.42. The van der Waals surface area contributed by atoms with Gasteiger partial charge in [0.25, 0.3) is 0 Å². The van der Waals surface area contributed by atoms with E-state index in [2.05, 4.69) is 15.2 Å². The number of methoxy groups -OCH3 is 1. The first-order valence-electron chi connectivity index (χ1n) is 6.87. The second-order valence-electron chi connectivity index (χ2n) is 4.74. The molecule has 3 rings (SSSR count). The molecule has 0 aliphatic rings. The number of hydrogen-bond acceptors (Lipinski definition) is 5. The summed E-state index contributed by atoms with van der Waals surface area (Å²) in [5.74, 6) is 0.110. The minimum absolute atomic E-state index is 0.0298. The monoisotopic (exact) mass is 328 g/mol. The lowest BCUT2D eigenvalue weighted by molar-refractivity contribution is -0.139. The maximum absolute atomic E-state index is 11.6. The molecule has 0 saturated carbocycles. The largest absolute Gasteiger partial charge is 0.469 e. The van der Waals surface area contributed by atoms with Gasteiger partial charge in [-0.3, -0.25) is 9.20 Å². The van der Waals surface area contributed by atoms with Crippen molar-refractivity contribution in [3.8, 4) is 0 Å². The first-order valence-corrected chi connectivity index (χ1v) is 7.25. The predicted octanol–water partition coefficient (Wildman–Crippen LogP) is 4.12. The molecule has 0 aliphatic heterocycles. The van der Waals surface area contributed by atoms with Crippen LogP contribution in [0.2, 0.25) is 5.02 Å². The van der Waals surface area contributed by atoms with E-state index in [1.807, 2.05) is 24.4 Å². The highest BCUT2D eigenvalue weighted by atomic mass is 35.5. The molecule has 0 saturated heterocycles. The average Bonchev–Trinajstić information content (AvgIpc) is 2.90. The Kier molecular flexibility index (Phi) is 4.34. The topological polar surface area (TPSA) is 68.3 Å². The maximum Gasteiger partial charge on any atom is 0.311 e. The van der Waals surface area contributed by atoms with Gasteiger partial charge in [0, 0.05) is 11.2 Å². The Balaban J connectivity index is 2.03. The first kappa shape index (κ1) is 15.2. The van der Waals surface area contributed by atoms with Crippen LogP contribution < -0.4 is 0 Å². The molecule has 0 atom stereocenters. The minimum atomic E-state index is -0.382. The number of pyridine rings is 1. The Hall–Kier alpha value is -2.73. The van der Waals surface area contributed by atoms with Crippen molar-refractivity contribution in [2.75, 3.05) is 7.11 Å². The van der Waals surface area contributed by atoms with Gasteiger partial charge in [-0.05, 0) is 30.3 Å². The number of rotatable bonds is 4. The standard InChI is InChI=1S/C16H13ClN4O2/c1-23-15(22)10-13-16(21-8-3-2-7-14(21)18-13)20-19-12-6-4-5-11(17)9-12/h2-9H,10H2,1H3. The van der Waals surface area contributed by atoms with Crippen LogP contribution in [-0.4, -0.2) is 22.5 Å². The second-order valence-corrected chi connectivity index (χ2v) is 5.18. The fourth-order valence-electron chi connectivity index (χ4n) is 2.11. The van der Waals surface area contributed by atoms with E-state index in [9.17, 15) is 4.79 Å². The molecule has 2 heterocycles. The number of esters is 1. The lowest BCUT2D eigenvalue weighted by atomic mass is 10.3. The number of nitrogens with zero attached hydrogens (tertiary/aromatic N) is 4. The molecule has 116 valence electrons. The van der Waals surface area contributed by atoms with Crippen molar-refractivity contribution in [3.63, 3.8) is 0 Å². The summed E-state index contributed by atoms with van der Waals surface area (Å²) in [7, 11) is 1.34. The number of azo groups is 1. The lowest BCUT2D eigenvalue weighted by Gasteiger charge is -1.99. The summed E-state index contributed by atoms with van der Waals surface area (Å²) in [5.41, 5.74) is 1.81. The number of carbonyl (C=O) groups is 1. The summed E-state index contributed by atoms with van der Waals surface area (Å²) in [6.07, 6.45) is 1.84. The number of fused-ring (bicyclic) bond motifs is 1. The van der Waals surface area contributed by atoms with Crippen molar-refractivity contribution >= 4 is 34.7 Å². The number of imidazole rings is 1. The normalized spacial score (nSPS) is 11.2. The Morgan fingerprint density at radius 1 is 1.26 bits per heavy atom. The van der Waals surface area contributed by atoms with Gasteiger partial charge < -0.3 is 4.74 Å². The highest BCUT2D eigenvalue weighted by Gasteiger charge is 2.15. The van der Waals surface area contributed by atoms with E-state index < -0.39 is 0 Å². The van der Waals surface area contributed by atoms with Crippen LogP contribution in [-0.2, 0) is 16.0 Å². The minimum Gasteiger partial charge on any atom is -0.469 e. The van der Waals surface area contributed by atoms with E-state index in [1.54, 1.807) is 28.7 Å². The molecule has 0 N–H and O–H groups in total. The fraction of sp³-hybridized carbons (Fsp3) is 0.125. The maximum atomic E-state index is 11.6. The van der Waals surface area contributed by atoms with Crippen molar-refractivity contribution in [1.29, 1.82) is 0 Å². The SMILES string of the molecule is COC(=O)Cc1nc2ccccn2c1N=Nc1cccc(Cl)c1. The van der Waals surface area contributed by atoms with Crippen LogP contribution in [0.4, 0.5) is 11.5 Å². The van der Waals surface area contributed by atoms with Crippen molar-refractivity contribution in [1.82, 2.24) is 9.38 Å². The van der Waals surface area contributed by atoms with E-state index in [4.69, 9.17) is 16.3 Å². The van der Waals surface area contributed by atoms with E-state index >= 15 is 0 Å². The highest BCUT2D eigenvalue weighted by Crippen LogP contribution is 2.25. The van der Waals surface area contributed by atoms with Crippen LogP contribution in [0.3, 0.4) is 0 Å². The van der Waals surface area contributed by atoms with Gasteiger partial charge in [-0.25, -0.2) is 4.98 Å². The zero-order valence-electron chi connectivity index (χ0n) is 12.3. The highest BCUT2D eigenvalue weighted by molar-refractivity contribution is 6.30. The molecule has 23 heavy (non-hydrogen) atoms. The van der Waals surface area contributed by atoms with E-state index in [-0.39, 0.29) is 12.4 Å². The van der Waals surface area contributed by atoms with Crippen LogP contribution in [0.1, 0.15) is 5.69 Å². The van der Waals surface area contributed by atoms with Crippen LogP contribution in [0.5, 0.6) is 0 Å². The summed E-state index contributed by atoms with van der Waals surface area (Å²) in [5, 5.41) is 9.01. The molecular formula is C16H13ClN4O2. The van der Waals surface area contributed by atoms with Gasteiger partial charge in [-0.15, -0.1) is 10.2 Å². The van der Waals surface area contributed by atoms with Gasteiger partial charge in [0.05, 0.1) is 24.9 Å². The number of carbonyl (C=O) groups excluding carboxylic acids is 1. The van der Waals surface area contributed by atoms with Crippen LogP contribution in [0, 0.1) is 0 Å². The molecule has 1 aromatic carbocycles. The molecular weight excluding hydrogens is 316 g/mol. The Morgan fingerprint density at radius 3 is 2.91 bits per heavy atom. The van der Waals surface area contributed by atoms with Gasteiger partial charge in [0.2, 0.25) is 0 Å². The molecule has 0 aliphatic carbocycles. The Bertz CT molecular complexity index is 889. The molecule has 0 radical (unpaired) electrons. The molecule has 0 unspecified atom stereocenters. The number of benzene rings is 1. The molecule has 0 spiro atoms. The van der Waals surface area contributed by atoms with Crippen LogP contribution in [0.25, 0.3) is 5.65 Å². The summed E-state index contributed by atoms with van der Waals surface area (Å²) in [6, 6.07) is 12.6. The fourth-order valence-corrected chi connectivity index (χ4v) is 2.29. The number of ether oxygens (including phenoxy) is 1. The van der Waals surface area contributed by atoms with Gasteiger partial charge in [-0.2, -0.15) is 0 Å². The summed E-state index contributed by atoms with van der Waals surface area (Å²) in [6.45, 7) is 0. The summed E-state index contributed by atoms with van der Waals surface area (Å²) in [4.78, 5) is 16.0. The van der Waals surface area contributed by atoms with Gasteiger partial charge in [0.1, 0.15) is 5.65 Å². The van der Waals surface area contributed by atoms with Crippen molar-refractivity contribution < 1.29 is 9.53 Å². The summed E-state index contributed by atoms with van der Waals surface area (Å²) >= 11 is 5.94. The third-order valence-electron chi connectivity index (χ3n) is 3.18. The molecule has 7 heteroatoms. The third kappa shape index (κ3) is 3.37. The van der Waals surface area contributed by atoms with Crippen molar-refractivity contribution in [2.45, 2.75) is 6.42 Å². The summed E-state index contributed by atoms with van der Waals surface area (Å²) < 4.78 is 6.48. The van der Waals surface area contributed by atoms with Gasteiger partial charge in [-0.1, -0.05) is 23.7 Å². The van der Waals surface area contributed by atoms with Gasteiger partial charge in [0.15, 0.2) is 5.82 Å². The Morgan fingerprint density at radius 2 is 2.13 bits per heavy atom. The van der Waals surface area contributed by atoms with Crippen molar-refractivity contribution in [3.05, 3.63) is 59.4 Å². The lowest BCUT2D eigenvalue weighted by Crippen LogP contribution is -2.04. The molecule has 2 aromatic heterocycles. The Labute approximate surface area is 137 Å². The molecule has 0 bridgehead atoms. The van der Waals surface area contributed by atoms with Crippen LogP contribution in [0.15, 0.2) is 58.9 Å². The average molecular weight is 329 g/mol. The number of halogens is 1. The predicted molar refractivity (Wildman–Crippen MR) is 86.5 cm³/mol. The zero-order valence-corrected chi connectivity index (χ0v) is 13.1. The first-order chi connectivity index (χ1) is 11.2. The van der Waals surface area contributed by atoms with E-state index in [0.29, 0.717) is 27.9 Å². The second kappa shape index (κ2) is 6.58. The molecule has 3 aromatic rings.